The number of nitrogens with zero attached hydrogens (tertiary/aromatic N) is 1. The molecule has 0 saturated carbocycles. The molecule has 16 heavy (non-hydrogen) atoms. The highest BCUT2D eigenvalue weighted by Gasteiger charge is 2.03. The fourth-order valence-corrected chi connectivity index (χ4v) is 1.13. The molecule has 0 saturated heterocycles. The van der Waals surface area contributed by atoms with E-state index in [-0.39, 0.29) is 18.9 Å². The number of nitro benzene ring substituents is 1. The van der Waals surface area contributed by atoms with E-state index in [2.05, 4.69) is 0 Å². The molecule has 0 aliphatic rings. The second-order valence-electron chi connectivity index (χ2n) is 3.12. The van der Waals surface area contributed by atoms with Gasteiger partial charge in [-0.15, -0.1) is 0 Å². The van der Waals surface area contributed by atoms with E-state index in [0.29, 0.717) is 6.42 Å². The molecule has 0 spiro atoms. The van der Waals surface area contributed by atoms with Gasteiger partial charge in [-0.05, 0) is 12.0 Å². The van der Waals surface area contributed by atoms with Crippen LogP contribution in [0.15, 0.2) is 24.3 Å². The summed E-state index contributed by atoms with van der Waals surface area (Å²) in [6.45, 7) is -0.0446. The summed E-state index contributed by atoms with van der Waals surface area (Å²) in [7, 11) is 0. The Bertz CT molecular complexity index is 373. The van der Waals surface area contributed by atoms with Gasteiger partial charge in [-0.1, -0.05) is 12.1 Å². The third kappa shape index (κ3) is 4.05. The first-order valence-corrected chi connectivity index (χ1v) is 4.62. The number of benzene rings is 1. The third-order valence-electron chi connectivity index (χ3n) is 1.91. The van der Waals surface area contributed by atoms with Crippen LogP contribution in [0.1, 0.15) is 5.56 Å². The lowest BCUT2D eigenvalue weighted by Crippen LogP contribution is -2.08. The molecule has 6 nitrogen and oxygen atoms in total. The highest BCUT2D eigenvalue weighted by molar-refractivity contribution is 5.67. The zero-order chi connectivity index (χ0) is 12.0. The van der Waals surface area contributed by atoms with Gasteiger partial charge in [0.15, 0.2) is 0 Å². The molecular weight excluding hydrogens is 214 g/mol. The molecule has 0 radical (unpaired) electrons. The van der Waals surface area contributed by atoms with E-state index in [9.17, 15) is 14.9 Å². The number of aliphatic carboxylic acids is 1. The van der Waals surface area contributed by atoms with Crippen molar-refractivity contribution in [3.8, 4) is 0 Å². The SMILES string of the molecule is O=C(O)COCCc1ccc([N+](=O)[O-])cc1. The van der Waals surface area contributed by atoms with Crippen molar-refractivity contribution in [1.82, 2.24) is 0 Å². The van der Waals surface area contributed by atoms with E-state index in [4.69, 9.17) is 9.84 Å². The molecule has 86 valence electrons. The number of hydrogen-bond donors (Lipinski definition) is 1. The number of hydrogen-bond acceptors (Lipinski definition) is 4. The van der Waals surface area contributed by atoms with Gasteiger partial charge >= 0.3 is 5.97 Å². The number of carboxylic acid groups (broad SMARTS) is 1. The van der Waals surface area contributed by atoms with Gasteiger partial charge in [0.05, 0.1) is 11.5 Å². The second kappa shape index (κ2) is 5.82. The van der Waals surface area contributed by atoms with Gasteiger partial charge in [0.2, 0.25) is 0 Å². The minimum Gasteiger partial charge on any atom is -0.480 e. The minimum atomic E-state index is -1.01. The summed E-state index contributed by atoms with van der Waals surface area (Å²) in [6, 6.07) is 6.07. The van der Waals surface area contributed by atoms with Crippen molar-refractivity contribution in [2.75, 3.05) is 13.2 Å². The molecule has 1 aromatic rings. The average Bonchev–Trinajstić information content (AvgIpc) is 2.25. The highest BCUT2D eigenvalue weighted by atomic mass is 16.6. The number of carbonyl (C=O) groups is 1. The quantitative estimate of drug-likeness (QED) is 0.447. The lowest BCUT2D eigenvalue weighted by Gasteiger charge is -2.01. The second-order valence-corrected chi connectivity index (χ2v) is 3.12. The Morgan fingerprint density at radius 1 is 1.38 bits per heavy atom. The summed E-state index contributed by atoms with van der Waals surface area (Å²) in [5.41, 5.74) is 0.909. The summed E-state index contributed by atoms with van der Waals surface area (Å²) < 4.78 is 4.84. The molecule has 0 aromatic heterocycles. The molecule has 0 fully saturated rings. The topological polar surface area (TPSA) is 89.7 Å². The Labute approximate surface area is 91.6 Å². The van der Waals surface area contributed by atoms with Crippen molar-refractivity contribution in [3.05, 3.63) is 39.9 Å². The summed E-state index contributed by atoms with van der Waals surface area (Å²) in [5, 5.41) is 18.7. The maximum Gasteiger partial charge on any atom is 0.329 e. The molecule has 0 atom stereocenters. The van der Waals surface area contributed by atoms with E-state index in [1.807, 2.05) is 0 Å². The fourth-order valence-electron chi connectivity index (χ4n) is 1.13. The Kier molecular flexibility index (Phi) is 4.41. The van der Waals surface area contributed by atoms with E-state index >= 15 is 0 Å². The Hall–Kier alpha value is -1.95. The zero-order valence-corrected chi connectivity index (χ0v) is 8.46. The maximum absolute atomic E-state index is 10.4. The van der Waals surface area contributed by atoms with Gasteiger partial charge in [0, 0.05) is 12.1 Å². The zero-order valence-electron chi connectivity index (χ0n) is 8.46. The Balaban J connectivity index is 2.38. The predicted molar refractivity (Wildman–Crippen MR) is 55.3 cm³/mol. The molecule has 0 heterocycles. The highest BCUT2D eigenvalue weighted by Crippen LogP contribution is 2.12. The molecule has 0 aliphatic heterocycles. The lowest BCUT2D eigenvalue weighted by molar-refractivity contribution is -0.384. The molecule has 6 heteroatoms. The summed E-state index contributed by atoms with van der Waals surface area (Å²) in [4.78, 5) is 20.0. The smallest absolute Gasteiger partial charge is 0.329 e. The summed E-state index contributed by atoms with van der Waals surface area (Å²) in [5.74, 6) is -1.01. The van der Waals surface area contributed by atoms with Crippen LogP contribution < -0.4 is 0 Å². The van der Waals surface area contributed by atoms with E-state index in [1.165, 1.54) is 12.1 Å². The number of ether oxygens (including phenoxy) is 1. The molecule has 0 unspecified atom stereocenters. The van der Waals surface area contributed by atoms with Gasteiger partial charge in [-0.2, -0.15) is 0 Å². The van der Waals surface area contributed by atoms with Crippen LogP contribution in [-0.2, 0) is 16.0 Å². The van der Waals surface area contributed by atoms with Gasteiger partial charge in [0.25, 0.3) is 5.69 Å². The largest absolute Gasteiger partial charge is 0.480 e. The van der Waals surface area contributed by atoms with Gasteiger partial charge < -0.3 is 9.84 Å². The van der Waals surface area contributed by atoms with E-state index < -0.39 is 10.9 Å². The van der Waals surface area contributed by atoms with Crippen LogP contribution in [0.2, 0.25) is 0 Å². The van der Waals surface area contributed by atoms with Crippen LogP contribution in [-0.4, -0.2) is 29.2 Å². The molecular formula is C10H11NO5. The number of non-ortho nitro benzene ring substituents is 1. The van der Waals surface area contributed by atoms with Gasteiger partial charge in [-0.3, -0.25) is 10.1 Å². The first-order valence-electron chi connectivity index (χ1n) is 4.62. The molecule has 1 N–H and O–H groups in total. The van der Waals surface area contributed by atoms with E-state index in [1.54, 1.807) is 12.1 Å². The van der Waals surface area contributed by atoms with Crippen LogP contribution in [0.25, 0.3) is 0 Å². The van der Waals surface area contributed by atoms with Crippen LogP contribution in [0.4, 0.5) is 5.69 Å². The van der Waals surface area contributed by atoms with Gasteiger partial charge in [-0.25, -0.2) is 4.79 Å². The molecule has 1 rings (SSSR count). The number of rotatable bonds is 6. The molecule has 0 amide bonds. The van der Waals surface area contributed by atoms with Crippen molar-refractivity contribution in [1.29, 1.82) is 0 Å². The fraction of sp³-hybridized carbons (Fsp3) is 0.300. The number of nitro groups is 1. The van der Waals surface area contributed by atoms with Crippen molar-refractivity contribution in [2.45, 2.75) is 6.42 Å². The number of carboxylic acids is 1. The normalized spacial score (nSPS) is 10.0. The molecule has 1 aromatic carbocycles. The van der Waals surface area contributed by atoms with Crippen LogP contribution in [0.5, 0.6) is 0 Å². The van der Waals surface area contributed by atoms with E-state index in [0.717, 1.165) is 5.56 Å². The van der Waals surface area contributed by atoms with Crippen molar-refractivity contribution >= 4 is 11.7 Å². The van der Waals surface area contributed by atoms with Gasteiger partial charge in [0.1, 0.15) is 6.61 Å². The summed E-state index contributed by atoms with van der Waals surface area (Å²) >= 11 is 0. The first kappa shape index (κ1) is 12.1. The first-order chi connectivity index (χ1) is 7.59. The average molecular weight is 225 g/mol. The Morgan fingerprint density at radius 3 is 2.50 bits per heavy atom. The molecule has 0 bridgehead atoms. The van der Waals surface area contributed by atoms with Crippen molar-refractivity contribution in [2.24, 2.45) is 0 Å². The van der Waals surface area contributed by atoms with Crippen LogP contribution in [0, 0.1) is 10.1 Å². The van der Waals surface area contributed by atoms with Crippen LogP contribution in [0.3, 0.4) is 0 Å². The van der Waals surface area contributed by atoms with Crippen molar-refractivity contribution < 1.29 is 19.6 Å². The lowest BCUT2D eigenvalue weighted by atomic mass is 10.1. The summed E-state index contributed by atoms with van der Waals surface area (Å²) in [6.07, 6.45) is 0.533. The molecule has 0 aliphatic carbocycles. The minimum absolute atomic E-state index is 0.0372. The Morgan fingerprint density at radius 2 is 2.00 bits per heavy atom. The standard InChI is InChI=1S/C10H11NO5/c12-10(13)7-16-6-5-8-1-3-9(4-2-8)11(14)15/h1-4H,5-7H2,(H,12,13). The monoisotopic (exact) mass is 225 g/mol. The van der Waals surface area contributed by atoms with Crippen molar-refractivity contribution in [3.63, 3.8) is 0 Å². The maximum atomic E-state index is 10.4. The van der Waals surface area contributed by atoms with Crippen LogP contribution >= 0.6 is 0 Å². The predicted octanol–water partition coefficient (Wildman–Crippen LogP) is 1.24. The third-order valence-corrected chi connectivity index (χ3v) is 1.91.